The summed E-state index contributed by atoms with van der Waals surface area (Å²) in [6.45, 7) is 5.33. The fraction of sp³-hybridized carbons (Fsp3) is 0.143. The molecule has 0 atom stereocenters. The van der Waals surface area contributed by atoms with E-state index in [-0.39, 0.29) is 35.2 Å². The Bertz CT molecular complexity index is 2120. The fourth-order valence-electron chi connectivity index (χ4n) is 3.99. The number of hydrogen-bond acceptors (Lipinski definition) is 10. The van der Waals surface area contributed by atoms with Crippen LogP contribution in [0.15, 0.2) is 74.5 Å². The smallest absolute Gasteiger partial charge is 0.299 e. The van der Waals surface area contributed by atoms with Gasteiger partial charge in [-0.2, -0.15) is 23.4 Å². The van der Waals surface area contributed by atoms with Crippen molar-refractivity contribution in [1.29, 1.82) is 0 Å². The molecule has 5 rings (SSSR count). The minimum absolute atomic E-state index is 0. The third-order valence-electron chi connectivity index (χ3n) is 6.23. The molecular weight excluding hydrogens is 665 g/mol. The van der Waals surface area contributed by atoms with Crippen molar-refractivity contribution >= 4 is 79.6 Å². The van der Waals surface area contributed by atoms with E-state index in [1.54, 1.807) is 43.3 Å². The Hall–Kier alpha value is -4.34. The van der Waals surface area contributed by atoms with Crippen molar-refractivity contribution in [2.45, 2.75) is 33.1 Å². The van der Waals surface area contributed by atoms with E-state index in [9.17, 15) is 17.8 Å². The molecule has 0 aliphatic carbocycles. The van der Waals surface area contributed by atoms with Crippen LogP contribution in [0.25, 0.3) is 5.69 Å². The number of rotatable bonds is 8. The van der Waals surface area contributed by atoms with Gasteiger partial charge in [-0.1, -0.05) is 42.8 Å². The first-order valence-corrected chi connectivity index (χ1v) is 15.2. The van der Waals surface area contributed by atoms with Crippen LogP contribution in [0.2, 0.25) is 15.3 Å². The van der Waals surface area contributed by atoms with Crippen molar-refractivity contribution in [1.82, 2.24) is 24.7 Å². The molecule has 45 heavy (non-hydrogen) atoms. The molecule has 3 aromatic carbocycles. The quantitative estimate of drug-likeness (QED) is 0.0926. The minimum Gasteiger partial charge on any atom is -0.324 e. The maximum absolute atomic E-state index is 13.2. The van der Waals surface area contributed by atoms with Crippen molar-refractivity contribution in [3.05, 3.63) is 97.1 Å². The SMILES string of the molecule is C.Cc1cc(Cl)c(-n2[nH]c(C)c(N=Nc3cc(Nc4nc(Cl)nc(Nc5cccc(S(=O)(=O)O)c5)n4)ccc3C)c2=O)cc1Cl. The van der Waals surface area contributed by atoms with Crippen LogP contribution >= 0.6 is 34.8 Å². The minimum atomic E-state index is -4.40. The Morgan fingerprint density at radius 1 is 0.844 bits per heavy atom. The highest BCUT2D eigenvalue weighted by molar-refractivity contribution is 7.85. The summed E-state index contributed by atoms with van der Waals surface area (Å²) in [5.74, 6) is 0.0874. The Kier molecular flexibility index (Phi) is 9.95. The van der Waals surface area contributed by atoms with Crippen LogP contribution in [0.5, 0.6) is 0 Å². The second kappa shape index (κ2) is 13.3. The molecule has 0 aliphatic rings. The summed E-state index contributed by atoms with van der Waals surface area (Å²) >= 11 is 18.7. The van der Waals surface area contributed by atoms with E-state index in [1.165, 1.54) is 22.9 Å². The number of anilines is 4. The maximum Gasteiger partial charge on any atom is 0.299 e. The lowest BCUT2D eigenvalue weighted by atomic mass is 10.2. The zero-order valence-electron chi connectivity index (χ0n) is 23.1. The van der Waals surface area contributed by atoms with Gasteiger partial charge in [0.2, 0.25) is 17.2 Å². The summed E-state index contributed by atoms with van der Waals surface area (Å²) in [6.07, 6.45) is 0. The summed E-state index contributed by atoms with van der Waals surface area (Å²) in [5.41, 5.74) is 3.31. The molecule has 2 heterocycles. The number of nitrogens with zero attached hydrogens (tertiary/aromatic N) is 6. The van der Waals surface area contributed by atoms with Crippen molar-refractivity contribution in [2.24, 2.45) is 10.2 Å². The molecule has 0 saturated heterocycles. The standard InChI is InChI=1S/C27H22Cl3N9O4S.CH4/c1-13-7-8-17(32-27-34-25(30)33-26(35-27)31-16-5-4-6-18(10-16)44(41,42)43)11-21(13)36-37-23-15(3)38-39(24(23)40)22-12-19(28)14(2)9-20(22)29;/h4-12,38H,1-3H3,(H,41,42,43)(H2,31,32,33,34,35);1H4. The molecule has 0 saturated carbocycles. The van der Waals surface area contributed by atoms with Gasteiger partial charge in [0, 0.05) is 16.4 Å². The molecular formula is C28H26Cl3N9O4S. The molecule has 5 aromatic rings. The molecule has 0 unspecified atom stereocenters. The number of H-pyrrole nitrogens is 1. The highest BCUT2D eigenvalue weighted by Crippen LogP contribution is 2.30. The van der Waals surface area contributed by atoms with Gasteiger partial charge in [-0.3, -0.25) is 14.4 Å². The molecule has 13 nitrogen and oxygen atoms in total. The van der Waals surface area contributed by atoms with E-state index in [0.29, 0.717) is 38.5 Å². The number of nitrogens with one attached hydrogen (secondary N) is 3. The van der Waals surface area contributed by atoms with E-state index in [2.05, 4.69) is 40.9 Å². The predicted molar refractivity (Wildman–Crippen MR) is 176 cm³/mol. The first kappa shape index (κ1) is 33.6. The lowest BCUT2D eigenvalue weighted by molar-refractivity contribution is 0.483. The van der Waals surface area contributed by atoms with Gasteiger partial charge in [0.25, 0.3) is 15.7 Å². The lowest BCUT2D eigenvalue weighted by Crippen LogP contribution is -2.14. The molecule has 0 radical (unpaired) electrons. The summed E-state index contributed by atoms with van der Waals surface area (Å²) < 4.78 is 33.5. The largest absolute Gasteiger partial charge is 0.324 e. The van der Waals surface area contributed by atoms with Crippen LogP contribution in [0, 0.1) is 20.8 Å². The molecule has 0 bridgehead atoms. The van der Waals surface area contributed by atoms with Gasteiger partial charge in [0.1, 0.15) is 0 Å². The maximum atomic E-state index is 13.2. The molecule has 234 valence electrons. The van der Waals surface area contributed by atoms with Gasteiger partial charge in [-0.25, -0.2) is 4.68 Å². The van der Waals surface area contributed by atoms with E-state index < -0.39 is 15.7 Å². The van der Waals surface area contributed by atoms with Crippen LogP contribution in [0.4, 0.5) is 34.6 Å². The van der Waals surface area contributed by atoms with Crippen molar-refractivity contribution in [2.75, 3.05) is 10.6 Å². The predicted octanol–water partition coefficient (Wildman–Crippen LogP) is 8.02. The number of azo groups is 1. The zero-order valence-corrected chi connectivity index (χ0v) is 26.2. The molecule has 4 N–H and O–H groups in total. The molecule has 0 fully saturated rings. The number of hydrogen-bond donors (Lipinski definition) is 4. The van der Waals surface area contributed by atoms with Crippen molar-refractivity contribution in [3.63, 3.8) is 0 Å². The molecule has 0 spiro atoms. The number of benzene rings is 3. The Labute approximate surface area is 273 Å². The lowest BCUT2D eigenvalue weighted by Gasteiger charge is -2.10. The van der Waals surface area contributed by atoms with Gasteiger partial charge in [0.05, 0.1) is 27.0 Å². The summed E-state index contributed by atoms with van der Waals surface area (Å²) in [4.78, 5) is 25.3. The Morgan fingerprint density at radius 2 is 1.51 bits per heavy atom. The van der Waals surface area contributed by atoms with Crippen molar-refractivity contribution < 1.29 is 13.0 Å². The van der Waals surface area contributed by atoms with Gasteiger partial charge < -0.3 is 10.6 Å². The third-order valence-corrected chi connectivity index (χ3v) is 7.96. The summed E-state index contributed by atoms with van der Waals surface area (Å²) in [7, 11) is -4.40. The Morgan fingerprint density at radius 3 is 2.18 bits per heavy atom. The second-order valence-electron chi connectivity index (χ2n) is 9.48. The monoisotopic (exact) mass is 689 g/mol. The normalized spacial score (nSPS) is 11.4. The van der Waals surface area contributed by atoms with Gasteiger partial charge in [0.15, 0.2) is 5.69 Å². The third kappa shape index (κ3) is 7.67. The van der Waals surface area contributed by atoms with Gasteiger partial charge >= 0.3 is 0 Å². The first-order chi connectivity index (χ1) is 20.8. The number of halogens is 3. The average Bonchev–Trinajstić information content (AvgIpc) is 3.22. The van der Waals surface area contributed by atoms with Crippen LogP contribution in [0.1, 0.15) is 24.2 Å². The van der Waals surface area contributed by atoms with Crippen LogP contribution in [-0.4, -0.2) is 37.7 Å². The van der Waals surface area contributed by atoms with E-state index in [1.807, 2.05) is 13.8 Å². The molecule has 2 aromatic heterocycles. The Balaban J connectivity index is 0.00000461. The highest BCUT2D eigenvalue weighted by atomic mass is 35.5. The second-order valence-corrected chi connectivity index (χ2v) is 12.1. The molecule has 0 amide bonds. The van der Waals surface area contributed by atoms with E-state index in [0.717, 1.165) is 11.1 Å². The van der Waals surface area contributed by atoms with E-state index in [4.69, 9.17) is 34.8 Å². The first-order valence-electron chi connectivity index (χ1n) is 12.6. The summed E-state index contributed by atoms with van der Waals surface area (Å²) in [5, 5.41) is 18.0. The topological polar surface area (TPSA) is 180 Å². The van der Waals surface area contributed by atoms with Crippen molar-refractivity contribution in [3.8, 4) is 5.69 Å². The highest BCUT2D eigenvalue weighted by Gasteiger charge is 2.16. The number of aryl methyl sites for hydroxylation is 3. The number of aromatic amines is 1. The van der Waals surface area contributed by atoms with Gasteiger partial charge in [-0.15, -0.1) is 10.2 Å². The average molecular weight is 691 g/mol. The summed E-state index contributed by atoms with van der Waals surface area (Å²) in [6, 6.07) is 13.9. The fourth-order valence-corrected chi connectivity index (χ4v) is 5.13. The van der Waals surface area contributed by atoms with Crippen LogP contribution in [-0.2, 0) is 10.1 Å². The van der Waals surface area contributed by atoms with E-state index >= 15 is 0 Å². The van der Waals surface area contributed by atoms with Crippen LogP contribution < -0.4 is 16.2 Å². The van der Waals surface area contributed by atoms with Crippen LogP contribution in [0.3, 0.4) is 0 Å². The number of aromatic nitrogens is 5. The molecule has 0 aliphatic heterocycles. The zero-order chi connectivity index (χ0) is 31.8. The molecule has 17 heteroatoms. The van der Waals surface area contributed by atoms with Gasteiger partial charge in [-0.05, 0) is 86.0 Å².